The van der Waals surface area contributed by atoms with Crippen LogP contribution in [0.15, 0.2) is 0 Å². The Morgan fingerprint density at radius 1 is 1.62 bits per heavy atom. The zero-order chi connectivity index (χ0) is 5.98. The van der Waals surface area contributed by atoms with E-state index in [0.717, 1.165) is 19.5 Å². The van der Waals surface area contributed by atoms with Crippen LogP contribution in [0.2, 0.25) is 5.82 Å². The van der Waals surface area contributed by atoms with E-state index in [-0.39, 0.29) is 0 Å². The molecule has 1 aliphatic rings. The maximum absolute atomic E-state index is 5.63. The molecule has 0 N–H and O–H groups in total. The molecule has 0 spiro atoms. The van der Waals surface area contributed by atoms with E-state index in [4.69, 9.17) is 7.85 Å². The molecule has 8 heavy (non-hydrogen) atoms. The summed E-state index contributed by atoms with van der Waals surface area (Å²) in [5, 5.41) is 0. The van der Waals surface area contributed by atoms with Gasteiger partial charge in [-0.3, -0.25) is 4.31 Å². The molecule has 1 saturated heterocycles. The van der Waals surface area contributed by atoms with Crippen molar-refractivity contribution in [3.8, 4) is 0 Å². The number of rotatable bonds is 0. The van der Waals surface area contributed by atoms with E-state index >= 15 is 0 Å². The third-order valence-corrected chi connectivity index (χ3v) is 1.80. The molecule has 0 aromatic rings. The van der Waals surface area contributed by atoms with Crippen LogP contribution in [0.3, 0.4) is 0 Å². The Morgan fingerprint density at radius 3 is 2.75 bits per heavy atom. The Morgan fingerprint density at radius 2 is 2.38 bits per heavy atom. The maximum Gasteiger partial charge on any atom is 0.0717 e. The minimum Gasteiger partial charge on any atom is -0.254 e. The lowest BCUT2D eigenvalue weighted by Gasteiger charge is -2.25. The van der Waals surface area contributed by atoms with Gasteiger partial charge in [-0.2, -0.15) is 0 Å². The fourth-order valence-electron chi connectivity index (χ4n) is 0.989. The summed E-state index contributed by atoms with van der Waals surface area (Å²) >= 11 is 4.17. The van der Waals surface area contributed by atoms with Gasteiger partial charge >= 0.3 is 0 Å². The van der Waals surface area contributed by atoms with Crippen LogP contribution in [-0.4, -0.2) is 25.2 Å². The van der Waals surface area contributed by atoms with Gasteiger partial charge in [0, 0.05) is 13.1 Å². The van der Waals surface area contributed by atoms with Crippen molar-refractivity contribution < 1.29 is 0 Å². The van der Waals surface area contributed by atoms with Crippen molar-refractivity contribution in [2.75, 3.05) is 13.1 Å². The second-order valence-electron chi connectivity index (χ2n) is 2.31. The molecule has 3 heteroatoms. The van der Waals surface area contributed by atoms with Crippen molar-refractivity contribution >= 4 is 20.7 Å². The molecule has 1 atom stereocenters. The Balaban J connectivity index is 2.23. The summed E-state index contributed by atoms with van der Waals surface area (Å²) in [6.45, 7) is 2.04. The topological polar surface area (TPSA) is 3.24 Å². The quantitative estimate of drug-likeness (QED) is 0.373. The number of nitrogens with zero attached hydrogens (tertiary/aromatic N) is 1. The van der Waals surface area contributed by atoms with Gasteiger partial charge in [0.1, 0.15) is 0 Å². The van der Waals surface area contributed by atoms with Crippen LogP contribution in [-0.2, 0) is 0 Å². The Hall–Kier alpha value is 0.375. The SMILES string of the molecule is [B]C1CCCN(S)C1. The molecule has 2 radical (unpaired) electrons. The summed E-state index contributed by atoms with van der Waals surface area (Å²) in [6, 6.07) is 0. The maximum atomic E-state index is 5.63. The third-order valence-electron chi connectivity index (χ3n) is 1.44. The summed E-state index contributed by atoms with van der Waals surface area (Å²) < 4.78 is 1.98. The minimum absolute atomic E-state index is 0.362. The second kappa shape index (κ2) is 2.78. The first-order valence-corrected chi connectivity index (χ1v) is 3.38. The van der Waals surface area contributed by atoms with Gasteiger partial charge in [-0.15, -0.1) is 0 Å². The molecule has 1 aliphatic heterocycles. The van der Waals surface area contributed by atoms with E-state index in [1.165, 1.54) is 6.42 Å². The smallest absolute Gasteiger partial charge is 0.0717 e. The highest BCUT2D eigenvalue weighted by Gasteiger charge is 2.11. The van der Waals surface area contributed by atoms with Crippen molar-refractivity contribution in [2.45, 2.75) is 18.7 Å². The van der Waals surface area contributed by atoms with E-state index in [1.54, 1.807) is 0 Å². The first kappa shape index (κ1) is 6.49. The van der Waals surface area contributed by atoms with Crippen LogP contribution in [0.4, 0.5) is 0 Å². The standard InChI is InChI=1S/C5H10BNS/c6-5-2-1-3-7(8)4-5/h5,8H,1-4H2. The first-order chi connectivity index (χ1) is 3.79. The summed E-state index contributed by atoms with van der Waals surface area (Å²) in [5.41, 5.74) is 0. The lowest BCUT2D eigenvalue weighted by Crippen LogP contribution is -2.24. The second-order valence-corrected chi connectivity index (χ2v) is 2.88. The Bertz CT molecular complexity index is 70.8. The lowest BCUT2D eigenvalue weighted by molar-refractivity contribution is 0.385. The van der Waals surface area contributed by atoms with Crippen molar-refractivity contribution in [1.82, 2.24) is 4.31 Å². The highest BCUT2D eigenvalue weighted by atomic mass is 32.1. The van der Waals surface area contributed by atoms with Crippen molar-refractivity contribution in [2.24, 2.45) is 0 Å². The largest absolute Gasteiger partial charge is 0.254 e. The zero-order valence-electron chi connectivity index (χ0n) is 4.88. The number of hydrogen-bond donors (Lipinski definition) is 1. The Labute approximate surface area is 57.4 Å². The van der Waals surface area contributed by atoms with Gasteiger partial charge in [0.2, 0.25) is 0 Å². The highest BCUT2D eigenvalue weighted by molar-refractivity contribution is 7.77. The van der Waals surface area contributed by atoms with Gasteiger partial charge in [0.05, 0.1) is 7.85 Å². The van der Waals surface area contributed by atoms with Gasteiger partial charge in [-0.25, -0.2) is 0 Å². The third kappa shape index (κ3) is 1.71. The number of hydrogen-bond acceptors (Lipinski definition) is 2. The molecule has 0 aliphatic carbocycles. The fourth-order valence-corrected chi connectivity index (χ4v) is 1.34. The van der Waals surface area contributed by atoms with E-state index in [9.17, 15) is 0 Å². The van der Waals surface area contributed by atoms with Crippen LogP contribution < -0.4 is 0 Å². The monoisotopic (exact) mass is 127 g/mol. The molecule has 1 nitrogen and oxygen atoms in total. The van der Waals surface area contributed by atoms with E-state index in [0.29, 0.717) is 5.82 Å². The fraction of sp³-hybridized carbons (Fsp3) is 1.00. The molecule has 1 fully saturated rings. The van der Waals surface area contributed by atoms with Crippen LogP contribution in [0, 0.1) is 0 Å². The predicted molar refractivity (Wildman–Crippen MR) is 39.3 cm³/mol. The van der Waals surface area contributed by atoms with E-state index in [1.807, 2.05) is 4.31 Å². The molecule has 0 aromatic carbocycles. The van der Waals surface area contributed by atoms with Crippen molar-refractivity contribution in [1.29, 1.82) is 0 Å². The van der Waals surface area contributed by atoms with E-state index in [2.05, 4.69) is 12.8 Å². The molecule has 1 rings (SSSR count). The van der Waals surface area contributed by atoms with Gasteiger partial charge in [-0.05, 0) is 6.42 Å². The average molecular weight is 127 g/mol. The molecular weight excluding hydrogens is 117 g/mol. The number of piperidine rings is 1. The summed E-state index contributed by atoms with van der Waals surface area (Å²) in [6.07, 6.45) is 2.36. The van der Waals surface area contributed by atoms with Crippen LogP contribution in [0.25, 0.3) is 0 Å². The molecule has 44 valence electrons. The van der Waals surface area contributed by atoms with Crippen LogP contribution in [0.5, 0.6) is 0 Å². The molecule has 0 bridgehead atoms. The molecule has 1 unspecified atom stereocenters. The molecule has 1 heterocycles. The highest BCUT2D eigenvalue weighted by Crippen LogP contribution is 2.18. The van der Waals surface area contributed by atoms with E-state index < -0.39 is 0 Å². The average Bonchev–Trinajstić information content (AvgIpc) is 1.64. The lowest BCUT2D eigenvalue weighted by atomic mass is 9.82. The van der Waals surface area contributed by atoms with Gasteiger partial charge in [0.25, 0.3) is 0 Å². The van der Waals surface area contributed by atoms with Crippen LogP contribution >= 0.6 is 12.8 Å². The Kier molecular flexibility index (Phi) is 2.26. The molecule has 0 amide bonds. The van der Waals surface area contributed by atoms with Crippen LogP contribution in [0.1, 0.15) is 12.8 Å². The summed E-state index contributed by atoms with van der Waals surface area (Å²) in [5.74, 6) is 0.362. The predicted octanol–water partition coefficient (Wildman–Crippen LogP) is 0.884. The van der Waals surface area contributed by atoms with Gasteiger partial charge < -0.3 is 0 Å². The first-order valence-electron chi connectivity index (χ1n) is 2.98. The normalized spacial score (nSPS) is 32.9. The molecule has 0 aromatic heterocycles. The molecular formula is C5H10BNS. The number of thiol groups is 1. The van der Waals surface area contributed by atoms with Crippen molar-refractivity contribution in [3.05, 3.63) is 0 Å². The van der Waals surface area contributed by atoms with Gasteiger partial charge in [0.15, 0.2) is 0 Å². The van der Waals surface area contributed by atoms with Crippen molar-refractivity contribution in [3.63, 3.8) is 0 Å². The zero-order valence-corrected chi connectivity index (χ0v) is 5.77. The minimum atomic E-state index is 0.362. The van der Waals surface area contributed by atoms with Gasteiger partial charge in [-0.1, -0.05) is 25.1 Å². The molecule has 0 saturated carbocycles. The summed E-state index contributed by atoms with van der Waals surface area (Å²) in [7, 11) is 5.63. The summed E-state index contributed by atoms with van der Waals surface area (Å²) in [4.78, 5) is 0.